The van der Waals surface area contributed by atoms with Crippen LogP contribution in [-0.2, 0) is 4.79 Å². The number of guanidine groups is 1. The van der Waals surface area contributed by atoms with E-state index in [1.54, 1.807) is 0 Å². The van der Waals surface area contributed by atoms with Crippen LogP contribution in [0.15, 0.2) is 9.98 Å². The zero-order chi connectivity index (χ0) is 8.34. The molecule has 4 heteroatoms. The fraction of sp³-hybridized carbons (Fsp3) is 0.625. The van der Waals surface area contributed by atoms with Gasteiger partial charge in [0.2, 0.25) is 5.96 Å². The molecule has 3 rings (SSSR count). The van der Waals surface area contributed by atoms with Crippen molar-refractivity contribution in [3.63, 3.8) is 0 Å². The maximum absolute atomic E-state index is 11.4. The van der Waals surface area contributed by atoms with Gasteiger partial charge in [-0.25, -0.2) is 4.99 Å². The molecule has 1 saturated carbocycles. The van der Waals surface area contributed by atoms with Crippen LogP contribution in [0.2, 0.25) is 0 Å². The average molecular weight is 163 g/mol. The smallest absolute Gasteiger partial charge is 0.274 e. The molecule has 0 radical (unpaired) electrons. The van der Waals surface area contributed by atoms with Gasteiger partial charge in [0, 0.05) is 6.21 Å². The number of rotatable bonds is 0. The molecule has 1 atom stereocenters. The number of aliphatic imine (C=N–C) groups is 2. The van der Waals surface area contributed by atoms with Crippen molar-refractivity contribution in [1.29, 1.82) is 0 Å². The molecule has 1 unspecified atom stereocenters. The highest BCUT2D eigenvalue weighted by molar-refractivity contribution is 6.12. The Bertz CT molecular complexity index is 327. The van der Waals surface area contributed by atoms with Gasteiger partial charge >= 0.3 is 0 Å². The van der Waals surface area contributed by atoms with Crippen LogP contribution < -0.4 is 0 Å². The van der Waals surface area contributed by atoms with Gasteiger partial charge in [0.05, 0.1) is 6.04 Å². The maximum Gasteiger partial charge on any atom is 0.274 e. The van der Waals surface area contributed by atoms with Gasteiger partial charge in [0.15, 0.2) is 0 Å². The molecule has 1 aliphatic carbocycles. The van der Waals surface area contributed by atoms with E-state index in [-0.39, 0.29) is 17.5 Å². The summed E-state index contributed by atoms with van der Waals surface area (Å²) in [6.45, 7) is 2.05. The Hall–Kier alpha value is -1.19. The van der Waals surface area contributed by atoms with Crippen molar-refractivity contribution in [2.75, 3.05) is 0 Å². The van der Waals surface area contributed by atoms with Crippen LogP contribution in [0.1, 0.15) is 19.8 Å². The van der Waals surface area contributed by atoms with Crippen molar-refractivity contribution in [2.45, 2.75) is 31.3 Å². The highest BCUT2D eigenvalue weighted by Crippen LogP contribution is 2.48. The molecule has 62 valence electrons. The molecule has 1 spiro atoms. The molecule has 0 aromatic rings. The van der Waals surface area contributed by atoms with E-state index in [4.69, 9.17) is 0 Å². The minimum absolute atomic E-state index is 0.0150. The van der Waals surface area contributed by atoms with Gasteiger partial charge < -0.3 is 4.90 Å². The van der Waals surface area contributed by atoms with E-state index in [0.29, 0.717) is 5.96 Å². The average Bonchev–Trinajstić information content (AvgIpc) is 2.68. The van der Waals surface area contributed by atoms with Crippen molar-refractivity contribution in [2.24, 2.45) is 9.98 Å². The minimum Gasteiger partial charge on any atom is -0.318 e. The summed E-state index contributed by atoms with van der Waals surface area (Å²) in [5.74, 6) is 0.645. The number of carbonyl (C=O) groups is 1. The van der Waals surface area contributed by atoms with Gasteiger partial charge in [-0.3, -0.25) is 4.79 Å². The maximum atomic E-state index is 11.4. The summed E-state index contributed by atoms with van der Waals surface area (Å²) in [6, 6.07) is 0.248. The minimum atomic E-state index is -0.259. The topological polar surface area (TPSA) is 45.0 Å². The van der Waals surface area contributed by atoms with Gasteiger partial charge in [0.1, 0.15) is 5.54 Å². The van der Waals surface area contributed by atoms with Gasteiger partial charge in [-0.1, -0.05) is 0 Å². The molecule has 2 heterocycles. The monoisotopic (exact) mass is 163 g/mol. The number of hydrogen-bond donors (Lipinski definition) is 0. The van der Waals surface area contributed by atoms with Gasteiger partial charge in [-0.05, 0) is 19.8 Å². The van der Waals surface area contributed by atoms with E-state index in [9.17, 15) is 4.79 Å². The summed E-state index contributed by atoms with van der Waals surface area (Å²) in [5, 5.41) is 0. The third-order valence-electron chi connectivity index (χ3n) is 2.81. The lowest BCUT2D eigenvalue weighted by molar-refractivity contribution is -0.121. The van der Waals surface area contributed by atoms with E-state index in [2.05, 4.69) is 14.9 Å². The highest BCUT2D eigenvalue weighted by atomic mass is 16.2. The summed E-state index contributed by atoms with van der Waals surface area (Å²) in [5.41, 5.74) is -0.259. The van der Waals surface area contributed by atoms with Gasteiger partial charge in [-0.2, -0.15) is 4.99 Å². The first-order valence-electron chi connectivity index (χ1n) is 4.21. The third-order valence-corrected chi connectivity index (χ3v) is 2.81. The SMILES string of the molecule is CC1C=NC2=NC(=O)C3(CC3)N21. The lowest BCUT2D eigenvalue weighted by Crippen LogP contribution is -2.42. The Balaban J connectivity index is 2.10. The normalized spacial score (nSPS) is 34.4. The van der Waals surface area contributed by atoms with Crippen LogP contribution in [0.3, 0.4) is 0 Å². The molecule has 4 nitrogen and oxygen atoms in total. The van der Waals surface area contributed by atoms with Crippen LogP contribution >= 0.6 is 0 Å². The number of fused-ring (bicyclic) bond motifs is 2. The van der Waals surface area contributed by atoms with Crippen molar-refractivity contribution in [3.05, 3.63) is 0 Å². The van der Waals surface area contributed by atoms with Crippen LogP contribution in [0.5, 0.6) is 0 Å². The van der Waals surface area contributed by atoms with Crippen LogP contribution in [0.25, 0.3) is 0 Å². The summed E-state index contributed by atoms with van der Waals surface area (Å²) >= 11 is 0. The fourth-order valence-electron chi connectivity index (χ4n) is 2.02. The standard InChI is InChI=1S/C8H9N3O/c1-5-4-9-7-10-6(12)8(2-3-8)11(5)7/h4-5H,2-3H2,1H3. The van der Waals surface area contributed by atoms with Crippen molar-refractivity contribution in [3.8, 4) is 0 Å². The summed E-state index contributed by atoms with van der Waals surface area (Å²) < 4.78 is 0. The summed E-state index contributed by atoms with van der Waals surface area (Å²) in [7, 11) is 0. The van der Waals surface area contributed by atoms with Crippen molar-refractivity contribution < 1.29 is 4.79 Å². The molecule has 3 aliphatic rings. The Morgan fingerprint density at radius 1 is 1.67 bits per heavy atom. The third kappa shape index (κ3) is 0.499. The van der Waals surface area contributed by atoms with Crippen LogP contribution in [0.4, 0.5) is 0 Å². The van der Waals surface area contributed by atoms with E-state index in [1.165, 1.54) is 0 Å². The zero-order valence-electron chi connectivity index (χ0n) is 6.82. The molecule has 0 saturated heterocycles. The molecule has 1 amide bonds. The summed E-state index contributed by atoms with van der Waals surface area (Å²) in [6.07, 6.45) is 3.75. The molecule has 0 bridgehead atoms. The quantitative estimate of drug-likeness (QED) is 0.511. The lowest BCUT2D eigenvalue weighted by Gasteiger charge is -2.23. The second-order valence-electron chi connectivity index (χ2n) is 3.64. The molecule has 1 fully saturated rings. The van der Waals surface area contributed by atoms with E-state index in [0.717, 1.165) is 12.8 Å². The fourth-order valence-corrected chi connectivity index (χ4v) is 2.02. The predicted octanol–water partition coefficient (Wildman–Crippen LogP) is 0.190. The Morgan fingerprint density at radius 3 is 3.08 bits per heavy atom. The number of amides is 1. The highest BCUT2D eigenvalue weighted by Gasteiger charge is 2.61. The number of hydrogen-bond acceptors (Lipinski definition) is 3. The molecule has 2 aliphatic heterocycles. The Morgan fingerprint density at radius 2 is 2.42 bits per heavy atom. The Labute approximate surface area is 70.0 Å². The largest absolute Gasteiger partial charge is 0.318 e. The first kappa shape index (κ1) is 6.34. The molecule has 0 N–H and O–H groups in total. The number of nitrogens with zero attached hydrogens (tertiary/aromatic N) is 3. The van der Waals surface area contributed by atoms with E-state index < -0.39 is 0 Å². The van der Waals surface area contributed by atoms with Crippen molar-refractivity contribution >= 4 is 18.1 Å². The van der Waals surface area contributed by atoms with Gasteiger partial charge in [0.25, 0.3) is 5.91 Å². The predicted molar refractivity (Wildman–Crippen MR) is 44.2 cm³/mol. The lowest BCUT2D eigenvalue weighted by atomic mass is 10.2. The molecule has 0 aromatic carbocycles. The Kier molecular flexibility index (Phi) is 0.846. The number of carbonyl (C=O) groups excluding carboxylic acids is 1. The van der Waals surface area contributed by atoms with Crippen LogP contribution in [-0.4, -0.2) is 34.6 Å². The van der Waals surface area contributed by atoms with E-state index in [1.807, 2.05) is 13.1 Å². The first-order chi connectivity index (χ1) is 5.74. The van der Waals surface area contributed by atoms with Crippen molar-refractivity contribution in [1.82, 2.24) is 4.90 Å². The van der Waals surface area contributed by atoms with Gasteiger partial charge in [-0.15, -0.1) is 0 Å². The first-order valence-corrected chi connectivity index (χ1v) is 4.21. The zero-order valence-corrected chi connectivity index (χ0v) is 6.82. The summed E-state index contributed by atoms with van der Waals surface area (Å²) in [4.78, 5) is 21.5. The molecular formula is C8H9N3O. The second kappa shape index (κ2) is 1.60. The molecule has 12 heavy (non-hydrogen) atoms. The van der Waals surface area contributed by atoms with E-state index >= 15 is 0 Å². The molecule has 0 aromatic heterocycles. The molecular weight excluding hydrogens is 154 g/mol. The second-order valence-corrected chi connectivity index (χ2v) is 3.64. The van der Waals surface area contributed by atoms with Crippen LogP contribution in [0, 0.1) is 0 Å².